The van der Waals surface area contributed by atoms with E-state index in [1.165, 1.54) is 22.3 Å². The highest BCUT2D eigenvalue weighted by molar-refractivity contribution is 9.10. The van der Waals surface area contributed by atoms with Gasteiger partial charge in [-0.05, 0) is 49.6 Å². The zero-order valence-corrected chi connectivity index (χ0v) is 11.9. The lowest BCUT2D eigenvalue weighted by atomic mass is 9.93. The molecule has 0 unspecified atom stereocenters. The molecule has 0 atom stereocenters. The number of hydrogen-bond acceptors (Lipinski definition) is 1. The Morgan fingerprint density at radius 3 is 2.06 bits per heavy atom. The van der Waals surface area contributed by atoms with Gasteiger partial charge in [0.05, 0.1) is 0 Å². The van der Waals surface area contributed by atoms with Crippen molar-refractivity contribution in [3.8, 4) is 11.1 Å². The summed E-state index contributed by atoms with van der Waals surface area (Å²) >= 11 is 3.44. The van der Waals surface area contributed by atoms with Gasteiger partial charge in [-0.2, -0.15) is 0 Å². The summed E-state index contributed by atoms with van der Waals surface area (Å²) in [5.41, 5.74) is 13.1. The minimum absolute atomic E-state index is 0.814. The van der Waals surface area contributed by atoms with E-state index in [4.69, 9.17) is 5.73 Å². The summed E-state index contributed by atoms with van der Waals surface area (Å²) in [6.45, 7) is 6.39. The van der Waals surface area contributed by atoms with Crippen LogP contribution < -0.4 is 5.73 Å². The first-order valence-corrected chi connectivity index (χ1v) is 6.41. The van der Waals surface area contributed by atoms with Crippen LogP contribution in [0.5, 0.6) is 0 Å². The van der Waals surface area contributed by atoms with Crippen LogP contribution in [0.2, 0.25) is 0 Å². The van der Waals surface area contributed by atoms with Crippen molar-refractivity contribution in [2.45, 2.75) is 20.8 Å². The van der Waals surface area contributed by atoms with Crippen LogP contribution in [0.4, 0.5) is 5.69 Å². The normalized spacial score (nSPS) is 10.6. The molecule has 0 aromatic heterocycles. The Morgan fingerprint density at radius 2 is 1.53 bits per heavy atom. The molecule has 0 bridgehead atoms. The van der Waals surface area contributed by atoms with Crippen LogP contribution in [0.15, 0.2) is 34.8 Å². The molecule has 0 aliphatic heterocycles. The second kappa shape index (κ2) is 4.53. The number of benzene rings is 2. The van der Waals surface area contributed by atoms with Crippen molar-refractivity contribution in [3.05, 3.63) is 51.5 Å². The van der Waals surface area contributed by atoms with E-state index < -0.39 is 0 Å². The second-order valence-electron chi connectivity index (χ2n) is 4.51. The molecule has 2 aromatic rings. The van der Waals surface area contributed by atoms with Gasteiger partial charge in [-0.15, -0.1) is 0 Å². The standard InChI is InChI=1S/C15H16BrN/c1-9-6-10(2)15(11(3)7-9)13-5-4-12(16)8-14(13)17/h4-8H,17H2,1-3H3. The van der Waals surface area contributed by atoms with Crippen molar-refractivity contribution < 1.29 is 0 Å². The molecule has 0 saturated heterocycles. The average Bonchev–Trinajstić information content (AvgIpc) is 2.19. The van der Waals surface area contributed by atoms with Crippen LogP contribution in [0.1, 0.15) is 16.7 Å². The largest absolute Gasteiger partial charge is 0.398 e. The van der Waals surface area contributed by atoms with E-state index in [1.807, 2.05) is 12.1 Å². The van der Waals surface area contributed by atoms with Gasteiger partial charge in [0.1, 0.15) is 0 Å². The summed E-state index contributed by atoms with van der Waals surface area (Å²) in [7, 11) is 0. The van der Waals surface area contributed by atoms with E-state index in [9.17, 15) is 0 Å². The number of nitrogens with two attached hydrogens (primary N) is 1. The molecule has 0 heterocycles. The first-order chi connectivity index (χ1) is 7.99. The maximum Gasteiger partial charge on any atom is 0.0405 e. The summed E-state index contributed by atoms with van der Waals surface area (Å²) < 4.78 is 1.01. The maximum atomic E-state index is 6.10. The highest BCUT2D eigenvalue weighted by atomic mass is 79.9. The second-order valence-corrected chi connectivity index (χ2v) is 5.42. The quantitative estimate of drug-likeness (QED) is 0.762. The topological polar surface area (TPSA) is 26.0 Å². The molecule has 1 nitrogen and oxygen atoms in total. The van der Waals surface area contributed by atoms with Crippen LogP contribution in [0.25, 0.3) is 11.1 Å². The Hall–Kier alpha value is -1.28. The Morgan fingerprint density at radius 1 is 0.941 bits per heavy atom. The van der Waals surface area contributed by atoms with Gasteiger partial charge < -0.3 is 5.73 Å². The molecule has 0 amide bonds. The average molecular weight is 290 g/mol. The summed E-state index contributed by atoms with van der Waals surface area (Å²) in [6.07, 6.45) is 0. The molecule has 0 radical (unpaired) electrons. The van der Waals surface area contributed by atoms with Gasteiger partial charge in [-0.3, -0.25) is 0 Å². The number of hydrogen-bond donors (Lipinski definition) is 1. The van der Waals surface area contributed by atoms with Crippen molar-refractivity contribution in [1.29, 1.82) is 0 Å². The highest BCUT2D eigenvalue weighted by Crippen LogP contribution is 2.33. The number of anilines is 1. The molecule has 0 aliphatic rings. The molecule has 2 aromatic carbocycles. The van der Waals surface area contributed by atoms with Crippen LogP contribution in [0.3, 0.4) is 0 Å². The highest BCUT2D eigenvalue weighted by Gasteiger charge is 2.09. The summed E-state index contributed by atoms with van der Waals surface area (Å²) in [6, 6.07) is 10.5. The molecule has 2 N–H and O–H groups in total. The Labute approximate surface area is 111 Å². The number of nitrogen functional groups attached to an aromatic ring is 1. The maximum absolute atomic E-state index is 6.10. The first kappa shape index (κ1) is 12.2. The third kappa shape index (κ3) is 2.37. The molecule has 0 saturated carbocycles. The molecule has 0 fully saturated rings. The van der Waals surface area contributed by atoms with Gasteiger partial charge in [0, 0.05) is 15.7 Å². The summed E-state index contributed by atoms with van der Waals surface area (Å²) in [5, 5.41) is 0. The molecule has 2 heteroatoms. The minimum atomic E-state index is 0.814. The van der Waals surface area contributed by atoms with Gasteiger partial charge in [-0.25, -0.2) is 0 Å². The lowest BCUT2D eigenvalue weighted by Gasteiger charge is -2.14. The van der Waals surface area contributed by atoms with Crippen molar-refractivity contribution in [1.82, 2.24) is 0 Å². The monoisotopic (exact) mass is 289 g/mol. The zero-order valence-electron chi connectivity index (χ0n) is 10.3. The fourth-order valence-electron chi connectivity index (χ4n) is 2.37. The van der Waals surface area contributed by atoms with Crippen LogP contribution in [-0.2, 0) is 0 Å². The Balaban J connectivity index is 2.68. The van der Waals surface area contributed by atoms with E-state index in [0.717, 1.165) is 15.7 Å². The smallest absolute Gasteiger partial charge is 0.0405 e. The van der Waals surface area contributed by atoms with Crippen LogP contribution in [-0.4, -0.2) is 0 Å². The van der Waals surface area contributed by atoms with Crippen molar-refractivity contribution >= 4 is 21.6 Å². The lowest BCUT2D eigenvalue weighted by molar-refractivity contribution is 1.32. The van der Waals surface area contributed by atoms with Crippen LogP contribution >= 0.6 is 15.9 Å². The molecule has 17 heavy (non-hydrogen) atoms. The van der Waals surface area contributed by atoms with Gasteiger partial charge in [0.15, 0.2) is 0 Å². The zero-order chi connectivity index (χ0) is 12.6. The SMILES string of the molecule is Cc1cc(C)c(-c2ccc(Br)cc2N)c(C)c1. The number of halogens is 1. The minimum Gasteiger partial charge on any atom is -0.398 e. The molecule has 2 rings (SSSR count). The van der Waals surface area contributed by atoms with Crippen LogP contribution in [0, 0.1) is 20.8 Å². The predicted molar refractivity (Wildman–Crippen MR) is 78.2 cm³/mol. The third-order valence-electron chi connectivity index (χ3n) is 2.96. The molecular weight excluding hydrogens is 274 g/mol. The summed E-state index contributed by atoms with van der Waals surface area (Å²) in [5.74, 6) is 0. The molecule has 88 valence electrons. The lowest BCUT2D eigenvalue weighted by Crippen LogP contribution is -1.95. The van der Waals surface area contributed by atoms with Gasteiger partial charge in [0.2, 0.25) is 0 Å². The van der Waals surface area contributed by atoms with E-state index in [2.05, 4.69) is 54.9 Å². The van der Waals surface area contributed by atoms with E-state index >= 15 is 0 Å². The summed E-state index contributed by atoms with van der Waals surface area (Å²) in [4.78, 5) is 0. The number of rotatable bonds is 1. The first-order valence-electron chi connectivity index (χ1n) is 5.62. The van der Waals surface area contributed by atoms with E-state index in [0.29, 0.717) is 0 Å². The molecule has 0 aliphatic carbocycles. The fraction of sp³-hybridized carbons (Fsp3) is 0.200. The predicted octanol–water partition coefficient (Wildman–Crippen LogP) is 4.62. The molecular formula is C15H16BrN. The van der Waals surface area contributed by atoms with Crippen molar-refractivity contribution in [2.24, 2.45) is 0 Å². The van der Waals surface area contributed by atoms with E-state index in [-0.39, 0.29) is 0 Å². The van der Waals surface area contributed by atoms with Crippen molar-refractivity contribution in [3.63, 3.8) is 0 Å². The number of aryl methyl sites for hydroxylation is 3. The fourth-order valence-corrected chi connectivity index (χ4v) is 2.74. The Kier molecular flexibility index (Phi) is 3.25. The third-order valence-corrected chi connectivity index (χ3v) is 3.45. The van der Waals surface area contributed by atoms with E-state index in [1.54, 1.807) is 0 Å². The van der Waals surface area contributed by atoms with Gasteiger partial charge >= 0.3 is 0 Å². The van der Waals surface area contributed by atoms with Gasteiger partial charge in [-0.1, -0.05) is 39.7 Å². The Bertz CT molecular complexity index is 550. The van der Waals surface area contributed by atoms with Gasteiger partial charge in [0.25, 0.3) is 0 Å². The van der Waals surface area contributed by atoms with Crippen molar-refractivity contribution in [2.75, 3.05) is 5.73 Å². The molecule has 0 spiro atoms.